The molecule has 0 unspecified atom stereocenters. The van der Waals surface area contributed by atoms with Crippen LogP contribution in [-0.4, -0.2) is 48.0 Å². The Morgan fingerprint density at radius 3 is 2.54 bits per heavy atom. The number of rotatable bonds is 3. The van der Waals surface area contributed by atoms with E-state index in [-0.39, 0.29) is 11.5 Å². The molecule has 4 atom stereocenters. The second-order valence-corrected chi connectivity index (χ2v) is 6.78. The summed E-state index contributed by atoms with van der Waals surface area (Å²) in [5.74, 6) is 0.183. The molecule has 0 amide bonds. The summed E-state index contributed by atoms with van der Waals surface area (Å²) in [7, 11) is 0. The molecule has 28 heavy (non-hydrogen) atoms. The van der Waals surface area contributed by atoms with Crippen LogP contribution >= 0.6 is 0 Å². The number of nitrogens with one attached hydrogen (secondary N) is 1. The van der Waals surface area contributed by atoms with Gasteiger partial charge in [0.05, 0.1) is 17.8 Å². The Balaban J connectivity index is 1.68. The number of nitrogens with zero attached hydrogens (tertiary/aromatic N) is 4. The number of anilines is 1. The van der Waals surface area contributed by atoms with Crippen molar-refractivity contribution in [2.24, 2.45) is 5.92 Å². The van der Waals surface area contributed by atoms with Crippen LogP contribution in [0.4, 0.5) is 19.0 Å². The van der Waals surface area contributed by atoms with Gasteiger partial charge in [0.15, 0.2) is 5.65 Å². The van der Waals surface area contributed by atoms with Gasteiger partial charge in [-0.05, 0) is 37.5 Å². The van der Waals surface area contributed by atoms with Gasteiger partial charge in [0, 0.05) is 24.0 Å². The minimum absolute atomic E-state index is 0.257. The lowest BCUT2D eigenvalue weighted by Crippen LogP contribution is -2.35. The van der Waals surface area contributed by atoms with Crippen LogP contribution in [0.25, 0.3) is 16.9 Å². The lowest BCUT2D eigenvalue weighted by atomic mass is 10.1. The van der Waals surface area contributed by atoms with E-state index in [2.05, 4.69) is 27.3 Å². The molecule has 3 heterocycles. The van der Waals surface area contributed by atoms with E-state index in [9.17, 15) is 23.4 Å². The standard InChI is InChI=1S/C18H17F3N5O2/c1-9-6-12(17(28)16(9)27)24-14-3-5-23-15-8-11(25-26(14)15)10-2-4-22-13(7-10)18(19,20)21/h2-5,7-9,12,16-17,24,27-28H,1,6H2/t9-,12-,16-,17+/m1/s1. The van der Waals surface area contributed by atoms with Gasteiger partial charge < -0.3 is 15.5 Å². The van der Waals surface area contributed by atoms with Crippen molar-refractivity contribution >= 4 is 11.5 Å². The van der Waals surface area contributed by atoms with Crippen molar-refractivity contribution in [3.8, 4) is 11.3 Å². The molecule has 1 radical (unpaired) electrons. The van der Waals surface area contributed by atoms with Gasteiger partial charge in [0.1, 0.15) is 17.6 Å². The average molecular weight is 392 g/mol. The predicted molar refractivity (Wildman–Crippen MR) is 94.1 cm³/mol. The number of hydrogen-bond donors (Lipinski definition) is 3. The van der Waals surface area contributed by atoms with Crippen molar-refractivity contribution in [3.05, 3.63) is 49.3 Å². The van der Waals surface area contributed by atoms with Crippen LogP contribution in [0.3, 0.4) is 0 Å². The molecule has 1 saturated carbocycles. The Kier molecular flexibility index (Phi) is 4.47. The number of aliphatic hydroxyl groups is 2. The van der Waals surface area contributed by atoms with E-state index in [0.29, 0.717) is 23.6 Å². The molecule has 1 fully saturated rings. The van der Waals surface area contributed by atoms with Crippen LogP contribution < -0.4 is 5.32 Å². The molecular weight excluding hydrogens is 375 g/mol. The largest absolute Gasteiger partial charge is 0.433 e. The molecule has 7 nitrogen and oxygen atoms in total. The summed E-state index contributed by atoms with van der Waals surface area (Å²) in [6.07, 6.45) is -3.41. The third-order valence-corrected chi connectivity index (χ3v) is 4.84. The Morgan fingerprint density at radius 2 is 1.86 bits per heavy atom. The molecule has 0 aromatic carbocycles. The molecule has 4 rings (SSSR count). The second-order valence-electron chi connectivity index (χ2n) is 6.78. The van der Waals surface area contributed by atoms with Crippen molar-refractivity contribution in [2.75, 3.05) is 5.32 Å². The summed E-state index contributed by atoms with van der Waals surface area (Å²) in [5.41, 5.74) is -0.0212. The second kappa shape index (κ2) is 6.71. The number of aliphatic hydroxyl groups excluding tert-OH is 2. The third kappa shape index (κ3) is 3.29. The highest BCUT2D eigenvalue weighted by Gasteiger charge is 2.39. The molecule has 10 heteroatoms. The molecule has 147 valence electrons. The SMILES string of the molecule is [CH2][C@@H]1C[C@@H](Nc2ccnc3cc(-c4ccnc(C(F)(F)F)c4)nn23)[C@H](O)[C@@H]1O. The molecule has 3 aromatic rings. The zero-order chi connectivity index (χ0) is 20.1. The van der Waals surface area contributed by atoms with Crippen LogP contribution in [0.15, 0.2) is 36.7 Å². The highest BCUT2D eigenvalue weighted by Crippen LogP contribution is 2.31. The lowest BCUT2D eigenvalue weighted by Gasteiger charge is -2.19. The van der Waals surface area contributed by atoms with E-state index < -0.39 is 30.1 Å². The maximum atomic E-state index is 12.9. The zero-order valence-corrected chi connectivity index (χ0v) is 14.5. The molecule has 0 bridgehead atoms. The summed E-state index contributed by atoms with van der Waals surface area (Å²) < 4.78 is 40.2. The maximum Gasteiger partial charge on any atom is 0.433 e. The fourth-order valence-electron chi connectivity index (χ4n) is 3.35. The van der Waals surface area contributed by atoms with Gasteiger partial charge in [-0.3, -0.25) is 4.98 Å². The van der Waals surface area contributed by atoms with Gasteiger partial charge in [0.2, 0.25) is 0 Å². The Bertz CT molecular complexity index is 1010. The van der Waals surface area contributed by atoms with Gasteiger partial charge in [-0.25, -0.2) is 4.98 Å². The minimum Gasteiger partial charge on any atom is -0.390 e. The number of alkyl halides is 3. The van der Waals surface area contributed by atoms with Gasteiger partial charge in [0.25, 0.3) is 0 Å². The summed E-state index contributed by atoms with van der Waals surface area (Å²) >= 11 is 0. The molecular formula is C18H17F3N5O2. The van der Waals surface area contributed by atoms with Crippen LogP contribution in [0.2, 0.25) is 0 Å². The van der Waals surface area contributed by atoms with Gasteiger partial charge in [-0.1, -0.05) is 0 Å². The smallest absolute Gasteiger partial charge is 0.390 e. The van der Waals surface area contributed by atoms with Crippen molar-refractivity contribution in [2.45, 2.75) is 30.8 Å². The number of fused-ring (bicyclic) bond motifs is 1. The normalized spacial score (nSPS) is 25.4. The van der Waals surface area contributed by atoms with Crippen LogP contribution in [0, 0.1) is 12.8 Å². The topological polar surface area (TPSA) is 95.6 Å². The monoisotopic (exact) mass is 392 g/mol. The van der Waals surface area contributed by atoms with Crippen molar-refractivity contribution in [1.82, 2.24) is 19.6 Å². The average Bonchev–Trinajstić information content (AvgIpc) is 3.19. The van der Waals surface area contributed by atoms with Gasteiger partial charge in [-0.15, -0.1) is 0 Å². The van der Waals surface area contributed by atoms with E-state index in [4.69, 9.17) is 0 Å². The number of hydrogen-bond acceptors (Lipinski definition) is 6. The first-order valence-corrected chi connectivity index (χ1v) is 8.58. The Labute approximate surface area is 157 Å². The van der Waals surface area contributed by atoms with Crippen LogP contribution in [0.1, 0.15) is 12.1 Å². The summed E-state index contributed by atoms with van der Waals surface area (Å²) in [6.45, 7) is 3.81. The fourth-order valence-corrected chi connectivity index (χ4v) is 3.35. The third-order valence-electron chi connectivity index (χ3n) is 4.84. The predicted octanol–water partition coefficient (Wildman–Crippen LogP) is 2.17. The molecule has 0 saturated heterocycles. The highest BCUT2D eigenvalue weighted by molar-refractivity contribution is 5.65. The first-order chi connectivity index (χ1) is 13.2. The van der Waals surface area contributed by atoms with Gasteiger partial charge in [-0.2, -0.15) is 22.8 Å². The minimum atomic E-state index is -4.55. The quantitative estimate of drug-likeness (QED) is 0.632. The van der Waals surface area contributed by atoms with Crippen molar-refractivity contribution in [3.63, 3.8) is 0 Å². The fraction of sp³-hybridized carbons (Fsp3) is 0.333. The van der Waals surface area contributed by atoms with E-state index in [1.165, 1.54) is 16.8 Å². The van der Waals surface area contributed by atoms with Crippen LogP contribution in [0.5, 0.6) is 0 Å². The molecule has 1 aliphatic carbocycles. The lowest BCUT2D eigenvalue weighted by molar-refractivity contribution is -0.141. The molecule has 3 aromatic heterocycles. The van der Waals surface area contributed by atoms with Crippen molar-refractivity contribution in [1.29, 1.82) is 0 Å². The highest BCUT2D eigenvalue weighted by atomic mass is 19.4. The zero-order valence-electron chi connectivity index (χ0n) is 14.5. The summed E-state index contributed by atoms with van der Waals surface area (Å²) in [4.78, 5) is 7.53. The molecule has 0 spiro atoms. The number of pyridine rings is 1. The van der Waals surface area contributed by atoms with Crippen molar-refractivity contribution < 1.29 is 23.4 Å². The van der Waals surface area contributed by atoms with Gasteiger partial charge >= 0.3 is 6.18 Å². The first kappa shape index (κ1) is 18.6. The Morgan fingerprint density at radius 1 is 1.11 bits per heavy atom. The van der Waals surface area contributed by atoms with Crippen LogP contribution in [-0.2, 0) is 6.18 Å². The summed E-state index contributed by atoms with van der Waals surface area (Å²) in [5, 5.41) is 27.5. The van der Waals surface area contributed by atoms with E-state index in [0.717, 1.165) is 12.3 Å². The molecule has 1 aliphatic rings. The first-order valence-electron chi connectivity index (χ1n) is 8.58. The number of halogens is 3. The number of aromatic nitrogens is 4. The van der Waals surface area contributed by atoms with E-state index in [1.807, 2.05) is 0 Å². The summed E-state index contributed by atoms with van der Waals surface area (Å²) in [6, 6.07) is 5.12. The Hall–Kier alpha value is -2.72. The van der Waals surface area contributed by atoms with E-state index >= 15 is 0 Å². The van der Waals surface area contributed by atoms with E-state index in [1.54, 1.807) is 12.1 Å². The molecule has 3 N–H and O–H groups in total. The molecule has 0 aliphatic heterocycles. The maximum absolute atomic E-state index is 12.9.